The number of ether oxygens (including phenoxy) is 1. The van der Waals surface area contributed by atoms with Crippen molar-refractivity contribution in [3.05, 3.63) is 173 Å². The summed E-state index contributed by atoms with van der Waals surface area (Å²) < 4.78 is 7.53. The van der Waals surface area contributed by atoms with E-state index in [0.29, 0.717) is 5.76 Å². The molecule has 0 spiro atoms. The van der Waals surface area contributed by atoms with Crippen LogP contribution in [0.3, 0.4) is 0 Å². The predicted octanol–water partition coefficient (Wildman–Crippen LogP) is 8.47. The summed E-state index contributed by atoms with van der Waals surface area (Å²) >= 11 is 0. The number of benzene rings is 7. The molecule has 7 aromatic carbocycles. The first-order valence-corrected chi connectivity index (χ1v) is 19.3. The molecule has 55 heavy (non-hydrogen) atoms. The molecule has 7 heteroatoms. The van der Waals surface area contributed by atoms with Crippen LogP contribution in [0.1, 0.15) is 22.6 Å². The molecule has 2 aliphatic carbocycles. The second-order valence-corrected chi connectivity index (χ2v) is 15.8. The molecule has 3 unspecified atom stereocenters. The minimum atomic E-state index is -0.372. The molecule has 5 aliphatic rings. The summed E-state index contributed by atoms with van der Waals surface area (Å²) in [6, 6.07) is 48.1. The number of aliphatic hydroxyl groups excluding tert-OH is 1. The fraction of sp³-hybridized carbons (Fsp3) is 0.125. The van der Waals surface area contributed by atoms with Gasteiger partial charge in [-0.15, -0.1) is 0 Å². The van der Waals surface area contributed by atoms with Crippen molar-refractivity contribution >= 4 is 85.8 Å². The van der Waals surface area contributed by atoms with Crippen LogP contribution >= 0.6 is 0 Å². The third-order valence-electron chi connectivity index (χ3n) is 13.3. The topological polar surface area (TPSA) is 39.2 Å². The quantitative estimate of drug-likeness (QED) is 0.187. The van der Waals surface area contributed by atoms with Gasteiger partial charge in [-0.3, -0.25) is 0 Å². The molecule has 7 aromatic rings. The molecular formula is C48H37B2N3O2. The molecule has 0 radical (unpaired) electrons. The van der Waals surface area contributed by atoms with Gasteiger partial charge < -0.3 is 24.3 Å². The Labute approximate surface area is 321 Å². The van der Waals surface area contributed by atoms with Crippen molar-refractivity contribution in [1.82, 2.24) is 0 Å². The van der Waals surface area contributed by atoms with Gasteiger partial charge in [0.05, 0.1) is 6.00 Å². The summed E-state index contributed by atoms with van der Waals surface area (Å²) in [5, 5.41) is 19.7. The molecule has 0 saturated carbocycles. The number of anilines is 3. The third-order valence-corrected chi connectivity index (χ3v) is 13.3. The third kappa shape index (κ3) is 4.03. The van der Waals surface area contributed by atoms with Crippen molar-refractivity contribution in [3.63, 3.8) is 0 Å². The Morgan fingerprint density at radius 2 is 1.24 bits per heavy atom. The monoisotopic (exact) mass is 709 g/mol. The standard InChI is InChI=1S/C48H37B2N3O2/c1-51-38-22-10-16-30-24-26-34-42(40(30)38)48(49(51)36-20-8-14-28-12-4-6-18-32(28)36)55-47-43(34)46(54)44(47)35-27-25-31-17-11-23-39-41(31)45(35)53(3)50(52(39)2)37-21-9-15-29-13-5-7-19-33(29)37/h4-27,42,47-48,54H,1-3H3. The van der Waals surface area contributed by atoms with Gasteiger partial charge >= 0.3 is 13.8 Å². The molecule has 3 aliphatic heterocycles. The van der Waals surface area contributed by atoms with Crippen LogP contribution in [0.15, 0.2) is 156 Å². The van der Waals surface area contributed by atoms with Crippen molar-refractivity contribution in [2.75, 3.05) is 35.6 Å². The van der Waals surface area contributed by atoms with E-state index < -0.39 is 0 Å². The van der Waals surface area contributed by atoms with Crippen molar-refractivity contribution in [3.8, 4) is 0 Å². The van der Waals surface area contributed by atoms with E-state index in [1.807, 2.05) is 0 Å². The van der Waals surface area contributed by atoms with Crippen molar-refractivity contribution < 1.29 is 9.84 Å². The second kappa shape index (κ2) is 11.2. The smallest absolute Gasteiger partial charge is 0.411 e. The molecule has 0 bridgehead atoms. The van der Waals surface area contributed by atoms with Gasteiger partial charge in [0, 0.05) is 45.1 Å². The van der Waals surface area contributed by atoms with Crippen LogP contribution in [0, 0.1) is 0 Å². The SMILES string of the molecule is CN1B(c2cccc3ccccc23)C2OC3C(=C4C=Cc5cccc1c5C42)C(O)=C3c1ccc2cccc3c2c1N(C)B(c1cccc2ccccc12)N3C. The Bertz CT molecular complexity index is 2920. The molecular weight excluding hydrogens is 672 g/mol. The fourth-order valence-electron chi connectivity index (χ4n) is 10.9. The summed E-state index contributed by atoms with van der Waals surface area (Å²) in [5.41, 5.74) is 12.6. The molecule has 1 N–H and O–H groups in total. The molecule has 0 saturated heterocycles. The Morgan fingerprint density at radius 1 is 0.582 bits per heavy atom. The van der Waals surface area contributed by atoms with E-state index in [-0.39, 0.29) is 31.9 Å². The van der Waals surface area contributed by atoms with Crippen LogP contribution in [0.2, 0.25) is 0 Å². The molecule has 3 heterocycles. The number of rotatable bonds is 3. The zero-order chi connectivity index (χ0) is 36.7. The molecule has 12 rings (SSSR count). The van der Waals surface area contributed by atoms with E-state index in [4.69, 9.17) is 4.74 Å². The zero-order valence-corrected chi connectivity index (χ0v) is 30.9. The lowest BCUT2D eigenvalue weighted by atomic mass is 9.41. The number of hydrogen-bond donors (Lipinski definition) is 1. The highest BCUT2D eigenvalue weighted by molar-refractivity contribution is 6.83. The molecule has 0 amide bonds. The van der Waals surface area contributed by atoms with Gasteiger partial charge in [0.15, 0.2) is 0 Å². The normalized spacial score (nSPS) is 20.8. The van der Waals surface area contributed by atoms with Gasteiger partial charge in [-0.25, -0.2) is 0 Å². The van der Waals surface area contributed by atoms with E-state index >= 15 is 0 Å². The summed E-state index contributed by atoms with van der Waals surface area (Å²) in [5.74, 6) is 0.353. The van der Waals surface area contributed by atoms with Crippen LogP contribution in [0.5, 0.6) is 0 Å². The maximum atomic E-state index is 12.4. The Morgan fingerprint density at radius 3 is 2.04 bits per heavy atom. The number of fused-ring (bicyclic) bond motifs is 3. The van der Waals surface area contributed by atoms with Gasteiger partial charge in [0.25, 0.3) is 0 Å². The maximum Gasteiger partial charge on any atom is 0.411 e. The van der Waals surface area contributed by atoms with Crippen LogP contribution in [-0.4, -0.2) is 52.2 Å². The van der Waals surface area contributed by atoms with Gasteiger partial charge in [-0.2, -0.15) is 0 Å². The first-order chi connectivity index (χ1) is 27.0. The molecule has 5 nitrogen and oxygen atoms in total. The van der Waals surface area contributed by atoms with E-state index in [9.17, 15) is 5.11 Å². The van der Waals surface area contributed by atoms with E-state index in [1.54, 1.807) is 0 Å². The van der Waals surface area contributed by atoms with Gasteiger partial charge in [-0.05, 0) is 87.8 Å². The minimum absolute atomic E-state index is 0.0000520. The summed E-state index contributed by atoms with van der Waals surface area (Å²) in [6.07, 6.45) is 4.12. The van der Waals surface area contributed by atoms with Gasteiger partial charge in [0.2, 0.25) is 0 Å². The van der Waals surface area contributed by atoms with Crippen molar-refractivity contribution in [1.29, 1.82) is 0 Å². The number of aliphatic hydroxyl groups is 1. The summed E-state index contributed by atoms with van der Waals surface area (Å²) in [4.78, 5) is 7.26. The lowest BCUT2D eigenvalue weighted by molar-refractivity contribution is 0.0455. The van der Waals surface area contributed by atoms with Crippen LogP contribution in [0.4, 0.5) is 17.1 Å². The highest BCUT2D eigenvalue weighted by atomic mass is 16.5. The second-order valence-electron chi connectivity index (χ2n) is 15.8. The van der Waals surface area contributed by atoms with Gasteiger partial charge in [-0.1, -0.05) is 133 Å². The van der Waals surface area contributed by atoms with Crippen LogP contribution < -0.4 is 25.4 Å². The number of hydrogen-bond acceptors (Lipinski definition) is 5. The predicted molar refractivity (Wildman–Crippen MR) is 231 cm³/mol. The molecule has 0 aromatic heterocycles. The first-order valence-electron chi connectivity index (χ1n) is 19.3. The number of nitrogens with zero attached hydrogens (tertiary/aromatic N) is 3. The highest BCUT2D eigenvalue weighted by Gasteiger charge is 2.56. The van der Waals surface area contributed by atoms with E-state index in [0.717, 1.165) is 22.4 Å². The largest absolute Gasteiger partial charge is 0.507 e. The minimum Gasteiger partial charge on any atom is -0.507 e. The van der Waals surface area contributed by atoms with Crippen LogP contribution in [-0.2, 0) is 4.74 Å². The fourth-order valence-corrected chi connectivity index (χ4v) is 10.9. The first kappa shape index (κ1) is 31.2. The average molecular weight is 709 g/mol. The molecule has 3 atom stereocenters. The molecule has 262 valence electrons. The van der Waals surface area contributed by atoms with Crippen LogP contribution in [0.25, 0.3) is 44.0 Å². The molecule has 0 fully saturated rings. The Kier molecular flexibility index (Phi) is 6.35. The zero-order valence-electron chi connectivity index (χ0n) is 30.9. The average Bonchev–Trinajstić information content (AvgIpc) is 3.22. The Hall–Kier alpha value is -6.17. The Balaban J connectivity index is 1.06. The highest BCUT2D eigenvalue weighted by Crippen LogP contribution is 2.59. The van der Waals surface area contributed by atoms with E-state index in [2.05, 4.69) is 181 Å². The summed E-state index contributed by atoms with van der Waals surface area (Å²) in [7, 11) is 6.63. The maximum absolute atomic E-state index is 12.4. The number of allylic oxidation sites excluding steroid dienone is 1. The lowest BCUT2D eigenvalue weighted by Gasteiger charge is -2.53. The van der Waals surface area contributed by atoms with E-state index in [1.165, 1.54) is 71.3 Å². The van der Waals surface area contributed by atoms with Crippen molar-refractivity contribution in [2.24, 2.45) is 0 Å². The summed E-state index contributed by atoms with van der Waals surface area (Å²) in [6.45, 7) is -0.110. The lowest BCUT2D eigenvalue weighted by Crippen LogP contribution is -2.64. The van der Waals surface area contributed by atoms with Crippen molar-refractivity contribution in [2.45, 2.75) is 18.0 Å². The van der Waals surface area contributed by atoms with Gasteiger partial charge in [0.1, 0.15) is 11.9 Å².